The fraction of sp³-hybridized carbons (Fsp3) is 0.333. The van der Waals surface area contributed by atoms with Crippen LogP contribution in [-0.4, -0.2) is 13.2 Å². The van der Waals surface area contributed by atoms with E-state index >= 15 is 0 Å². The summed E-state index contributed by atoms with van der Waals surface area (Å²) in [5.74, 6) is 0.445. The highest BCUT2D eigenvalue weighted by atomic mass is 31.2. The fourth-order valence-electron chi connectivity index (χ4n) is 1.20. The Labute approximate surface area is 102 Å². The summed E-state index contributed by atoms with van der Waals surface area (Å²) in [5, 5.41) is 0. The number of rotatable bonds is 7. The van der Waals surface area contributed by atoms with E-state index in [9.17, 15) is 4.57 Å². The van der Waals surface area contributed by atoms with Crippen LogP contribution in [0.3, 0.4) is 0 Å². The maximum absolute atomic E-state index is 12.1. The van der Waals surface area contributed by atoms with Crippen LogP contribution in [0, 0.1) is 0 Å². The molecule has 1 aromatic carbocycles. The molecule has 0 radical (unpaired) electrons. The first-order chi connectivity index (χ1) is 8.13. The molecule has 0 unspecified atom stereocenters. The molecule has 94 valence electrons. The van der Waals surface area contributed by atoms with E-state index in [0.29, 0.717) is 5.75 Å². The van der Waals surface area contributed by atoms with E-state index in [-0.39, 0.29) is 13.2 Å². The summed E-state index contributed by atoms with van der Waals surface area (Å²) in [6.45, 7) is 7.64. The molecule has 5 heteroatoms. The van der Waals surface area contributed by atoms with Crippen molar-refractivity contribution in [1.82, 2.24) is 0 Å². The molecule has 0 spiro atoms. The molecule has 1 rings (SSSR count). The second-order valence-corrected chi connectivity index (χ2v) is 4.74. The molecule has 0 bridgehead atoms. The summed E-state index contributed by atoms with van der Waals surface area (Å²) in [7, 11) is -3.49. The average molecular weight is 256 g/mol. The van der Waals surface area contributed by atoms with Crippen LogP contribution in [0.1, 0.15) is 19.4 Å². The molecule has 17 heavy (non-hydrogen) atoms. The molecule has 0 atom stereocenters. The van der Waals surface area contributed by atoms with E-state index in [2.05, 4.69) is 6.58 Å². The number of phosphoric ester groups is 1. The van der Waals surface area contributed by atoms with Gasteiger partial charge < -0.3 is 4.52 Å². The van der Waals surface area contributed by atoms with Gasteiger partial charge in [0.05, 0.1) is 13.2 Å². The lowest BCUT2D eigenvalue weighted by atomic mass is 10.2. The van der Waals surface area contributed by atoms with Crippen molar-refractivity contribution in [3.63, 3.8) is 0 Å². The standard InChI is InChI=1S/C12H17O4P/c1-4-11-7-9-12(10-8-11)16-17(13,14-5-2)15-6-3/h4,7-10H,1,5-6H2,2-3H3. The SMILES string of the molecule is C=Cc1ccc(OP(=O)(OCC)OCC)cc1. The van der Waals surface area contributed by atoms with Crippen LogP contribution in [0.15, 0.2) is 30.8 Å². The highest BCUT2D eigenvalue weighted by molar-refractivity contribution is 7.48. The Morgan fingerprint density at radius 2 is 1.71 bits per heavy atom. The monoisotopic (exact) mass is 256 g/mol. The molecule has 0 amide bonds. The minimum absolute atomic E-state index is 0.266. The smallest absolute Gasteiger partial charge is 0.404 e. The van der Waals surface area contributed by atoms with Gasteiger partial charge in [0.15, 0.2) is 0 Å². The third-order valence-corrected chi connectivity index (χ3v) is 3.49. The van der Waals surface area contributed by atoms with Crippen LogP contribution in [0.2, 0.25) is 0 Å². The Bertz CT molecular complexity index is 389. The molecule has 0 aliphatic heterocycles. The normalized spacial score (nSPS) is 11.2. The van der Waals surface area contributed by atoms with Crippen LogP contribution in [0.25, 0.3) is 6.08 Å². The zero-order valence-electron chi connectivity index (χ0n) is 10.1. The molecule has 0 saturated heterocycles. The number of benzene rings is 1. The van der Waals surface area contributed by atoms with E-state index in [1.165, 1.54) is 0 Å². The summed E-state index contributed by atoms with van der Waals surface area (Å²) < 4.78 is 27.4. The van der Waals surface area contributed by atoms with E-state index in [0.717, 1.165) is 5.56 Å². The van der Waals surface area contributed by atoms with Crippen molar-refractivity contribution in [2.45, 2.75) is 13.8 Å². The molecule has 0 saturated carbocycles. The number of hydrogen-bond acceptors (Lipinski definition) is 4. The predicted octanol–water partition coefficient (Wildman–Crippen LogP) is 3.89. The highest BCUT2D eigenvalue weighted by Crippen LogP contribution is 2.49. The van der Waals surface area contributed by atoms with Crippen LogP contribution < -0.4 is 4.52 Å². The maximum Gasteiger partial charge on any atom is 0.530 e. The van der Waals surface area contributed by atoms with Gasteiger partial charge in [-0.1, -0.05) is 24.8 Å². The van der Waals surface area contributed by atoms with Gasteiger partial charge in [0.1, 0.15) is 5.75 Å². The van der Waals surface area contributed by atoms with Gasteiger partial charge in [-0.3, -0.25) is 9.05 Å². The number of hydrogen-bond donors (Lipinski definition) is 0. The number of phosphoric acid groups is 1. The van der Waals surface area contributed by atoms with Crippen molar-refractivity contribution in [1.29, 1.82) is 0 Å². The van der Waals surface area contributed by atoms with Crippen LogP contribution in [0.5, 0.6) is 5.75 Å². The first kappa shape index (κ1) is 14.0. The van der Waals surface area contributed by atoms with E-state index in [1.54, 1.807) is 32.1 Å². The summed E-state index contributed by atoms with van der Waals surface area (Å²) in [6, 6.07) is 7.01. The molecular weight excluding hydrogens is 239 g/mol. The van der Waals surface area contributed by atoms with Gasteiger partial charge in [-0.2, -0.15) is 0 Å². The lowest BCUT2D eigenvalue weighted by Gasteiger charge is -2.16. The van der Waals surface area contributed by atoms with Crippen molar-refractivity contribution in [3.8, 4) is 5.75 Å². The van der Waals surface area contributed by atoms with Crippen LogP contribution >= 0.6 is 7.82 Å². The molecular formula is C12H17O4P. The topological polar surface area (TPSA) is 44.8 Å². The quantitative estimate of drug-likeness (QED) is 0.694. The van der Waals surface area contributed by atoms with Gasteiger partial charge in [-0.15, -0.1) is 0 Å². The molecule has 1 aromatic rings. The maximum atomic E-state index is 12.1. The van der Waals surface area contributed by atoms with Crippen LogP contribution in [-0.2, 0) is 13.6 Å². The second-order valence-electron chi connectivity index (χ2n) is 3.15. The summed E-state index contributed by atoms with van der Waals surface area (Å²) >= 11 is 0. The Morgan fingerprint density at radius 1 is 1.18 bits per heavy atom. The first-order valence-electron chi connectivity index (χ1n) is 5.44. The largest absolute Gasteiger partial charge is 0.530 e. The van der Waals surface area contributed by atoms with Crippen molar-refractivity contribution >= 4 is 13.9 Å². The molecule has 0 heterocycles. The molecule has 0 aliphatic carbocycles. The zero-order chi connectivity index (χ0) is 12.7. The lowest BCUT2D eigenvalue weighted by Crippen LogP contribution is -2.02. The van der Waals surface area contributed by atoms with Gasteiger partial charge in [-0.05, 0) is 31.5 Å². The van der Waals surface area contributed by atoms with Gasteiger partial charge in [-0.25, -0.2) is 4.57 Å². The predicted molar refractivity (Wildman–Crippen MR) is 68.0 cm³/mol. The van der Waals surface area contributed by atoms with Crippen molar-refractivity contribution in [2.75, 3.05) is 13.2 Å². The Hall–Kier alpha value is -1.09. The van der Waals surface area contributed by atoms with E-state index in [4.69, 9.17) is 13.6 Å². The van der Waals surface area contributed by atoms with E-state index < -0.39 is 7.82 Å². The van der Waals surface area contributed by atoms with Gasteiger partial charge in [0.25, 0.3) is 0 Å². The van der Waals surface area contributed by atoms with Gasteiger partial charge in [0.2, 0.25) is 0 Å². The summed E-state index contributed by atoms with van der Waals surface area (Å²) in [6.07, 6.45) is 1.72. The molecule has 0 aromatic heterocycles. The Morgan fingerprint density at radius 3 is 2.12 bits per heavy atom. The minimum Gasteiger partial charge on any atom is -0.404 e. The first-order valence-corrected chi connectivity index (χ1v) is 6.90. The summed E-state index contributed by atoms with van der Waals surface area (Å²) in [4.78, 5) is 0. The fourth-order valence-corrected chi connectivity index (χ4v) is 2.39. The van der Waals surface area contributed by atoms with Gasteiger partial charge in [0, 0.05) is 0 Å². The minimum atomic E-state index is -3.49. The Kier molecular flexibility index (Phi) is 5.42. The third kappa shape index (κ3) is 4.35. The van der Waals surface area contributed by atoms with Gasteiger partial charge >= 0.3 is 7.82 Å². The molecule has 0 aliphatic rings. The lowest BCUT2D eigenvalue weighted by molar-refractivity contribution is 0.167. The van der Waals surface area contributed by atoms with Crippen LogP contribution in [0.4, 0.5) is 0 Å². The van der Waals surface area contributed by atoms with Crippen molar-refractivity contribution in [3.05, 3.63) is 36.4 Å². The van der Waals surface area contributed by atoms with E-state index in [1.807, 2.05) is 12.1 Å². The Balaban J connectivity index is 2.78. The highest BCUT2D eigenvalue weighted by Gasteiger charge is 2.27. The third-order valence-electron chi connectivity index (χ3n) is 1.91. The van der Waals surface area contributed by atoms with Crippen molar-refractivity contribution in [2.24, 2.45) is 0 Å². The van der Waals surface area contributed by atoms with Crippen molar-refractivity contribution < 1.29 is 18.1 Å². The molecule has 4 nitrogen and oxygen atoms in total. The molecule has 0 N–H and O–H groups in total. The summed E-state index contributed by atoms with van der Waals surface area (Å²) in [5.41, 5.74) is 0.958. The zero-order valence-corrected chi connectivity index (χ0v) is 11.0. The second kappa shape index (κ2) is 6.60. The average Bonchev–Trinajstić information content (AvgIpc) is 2.30. The molecule has 0 fully saturated rings.